The normalized spacial score (nSPS) is 15.0. The number of nitrogens with two attached hydrogens (primary N) is 2. The van der Waals surface area contributed by atoms with Gasteiger partial charge in [0.1, 0.15) is 0 Å². The lowest BCUT2D eigenvalue weighted by atomic mass is 10.1. The molecule has 0 amide bonds. The molecule has 2 atom stereocenters. The van der Waals surface area contributed by atoms with Crippen LogP contribution in [0.2, 0.25) is 0 Å². The van der Waals surface area contributed by atoms with Gasteiger partial charge in [-0.15, -0.1) is 0 Å². The third-order valence-electron chi connectivity index (χ3n) is 1.74. The molecule has 0 aliphatic carbocycles. The van der Waals surface area contributed by atoms with E-state index >= 15 is 0 Å². The first kappa shape index (κ1) is 15.0. The molecule has 0 bridgehead atoms. The highest BCUT2D eigenvalue weighted by molar-refractivity contribution is 5.87. The molecule has 0 heterocycles. The van der Waals surface area contributed by atoms with Crippen molar-refractivity contribution in [3.05, 3.63) is 0 Å². The van der Waals surface area contributed by atoms with E-state index < -0.39 is 18.4 Å². The van der Waals surface area contributed by atoms with Gasteiger partial charge in [-0.3, -0.25) is 16.3 Å². The quantitative estimate of drug-likeness (QED) is 0.483. The predicted octanol–water partition coefficient (Wildman–Crippen LogP) is -0.251. The molecule has 0 saturated carbocycles. The fraction of sp³-hybridized carbons (Fsp3) is 0.800. The lowest BCUT2D eigenvalue weighted by Gasteiger charge is -2.18. The van der Waals surface area contributed by atoms with E-state index in [1.807, 2.05) is 0 Å². The van der Waals surface area contributed by atoms with Crippen LogP contribution in [0.1, 0.15) is 27.7 Å². The van der Waals surface area contributed by atoms with Gasteiger partial charge >= 0.3 is 5.97 Å². The maximum Gasteiger partial charge on any atom is 0.352 e. The average Bonchev–Trinajstić information content (AvgIpc) is 2.14. The van der Waals surface area contributed by atoms with Crippen LogP contribution in [0.3, 0.4) is 0 Å². The maximum absolute atomic E-state index is 11.3. The van der Waals surface area contributed by atoms with Crippen LogP contribution < -0.4 is 11.5 Å². The van der Waals surface area contributed by atoms with Gasteiger partial charge < -0.3 is 9.47 Å². The zero-order valence-electron chi connectivity index (χ0n) is 10.1. The van der Waals surface area contributed by atoms with Crippen molar-refractivity contribution in [1.29, 1.82) is 0 Å². The molecule has 0 aliphatic rings. The summed E-state index contributed by atoms with van der Waals surface area (Å²) in [5.41, 5.74) is 10.8. The SMILES string of the molecule is CC(C)OC(N)C(=O)OC(N)C(=O)C(C)C. The predicted molar refractivity (Wildman–Crippen MR) is 58.1 cm³/mol. The van der Waals surface area contributed by atoms with E-state index in [0.29, 0.717) is 0 Å². The Labute approximate surface area is 95.3 Å². The Morgan fingerprint density at radius 3 is 1.88 bits per heavy atom. The summed E-state index contributed by atoms with van der Waals surface area (Å²) in [6.45, 7) is 6.79. The summed E-state index contributed by atoms with van der Waals surface area (Å²) in [5, 5.41) is 0. The minimum atomic E-state index is -1.28. The van der Waals surface area contributed by atoms with Crippen molar-refractivity contribution in [2.24, 2.45) is 17.4 Å². The topological polar surface area (TPSA) is 105 Å². The number of esters is 1. The Bertz CT molecular complexity index is 253. The Kier molecular flexibility index (Phi) is 6.17. The molecule has 16 heavy (non-hydrogen) atoms. The van der Waals surface area contributed by atoms with Crippen LogP contribution in [0.5, 0.6) is 0 Å². The van der Waals surface area contributed by atoms with E-state index in [2.05, 4.69) is 4.74 Å². The van der Waals surface area contributed by atoms with Crippen molar-refractivity contribution >= 4 is 11.8 Å². The van der Waals surface area contributed by atoms with Crippen LogP contribution in [0.25, 0.3) is 0 Å². The van der Waals surface area contributed by atoms with Gasteiger partial charge in [-0.25, -0.2) is 4.79 Å². The number of carbonyl (C=O) groups excluding carboxylic acids is 2. The summed E-state index contributed by atoms with van der Waals surface area (Å²) >= 11 is 0. The summed E-state index contributed by atoms with van der Waals surface area (Å²) in [5.74, 6) is -1.50. The second-order valence-corrected chi connectivity index (χ2v) is 4.02. The molecule has 0 aliphatic heterocycles. The third kappa shape index (κ3) is 5.20. The van der Waals surface area contributed by atoms with E-state index in [1.54, 1.807) is 27.7 Å². The molecule has 4 N–H and O–H groups in total. The van der Waals surface area contributed by atoms with Crippen LogP contribution in [-0.4, -0.2) is 30.3 Å². The van der Waals surface area contributed by atoms with E-state index in [4.69, 9.17) is 16.2 Å². The van der Waals surface area contributed by atoms with Crippen molar-refractivity contribution in [1.82, 2.24) is 0 Å². The first-order chi connectivity index (χ1) is 7.25. The molecule has 0 saturated heterocycles. The van der Waals surface area contributed by atoms with E-state index in [9.17, 15) is 9.59 Å². The molecule has 0 aromatic rings. The van der Waals surface area contributed by atoms with E-state index in [1.165, 1.54) is 0 Å². The summed E-state index contributed by atoms with van der Waals surface area (Å²) in [7, 11) is 0. The number of ketones is 1. The number of hydrogen-bond acceptors (Lipinski definition) is 6. The number of rotatable bonds is 6. The van der Waals surface area contributed by atoms with Gasteiger partial charge in [-0.2, -0.15) is 0 Å². The van der Waals surface area contributed by atoms with Gasteiger partial charge in [0.05, 0.1) is 6.10 Å². The number of carbonyl (C=O) groups is 2. The van der Waals surface area contributed by atoms with Crippen molar-refractivity contribution in [3.8, 4) is 0 Å². The average molecular weight is 232 g/mol. The van der Waals surface area contributed by atoms with Crippen molar-refractivity contribution in [3.63, 3.8) is 0 Å². The van der Waals surface area contributed by atoms with Crippen molar-refractivity contribution < 1.29 is 19.1 Å². The molecule has 0 aromatic carbocycles. The molecular weight excluding hydrogens is 212 g/mol. The third-order valence-corrected chi connectivity index (χ3v) is 1.74. The monoisotopic (exact) mass is 232 g/mol. The first-order valence-corrected chi connectivity index (χ1v) is 5.16. The molecule has 0 spiro atoms. The number of ether oxygens (including phenoxy) is 2. The van der Waals surface area contributed by atoms with E-state index in [0.717, 1.165) is 0 Å². The molecular formula is C10H20N2O4. The van der Waals surface area contributed by atoms with Gasteiger partial charge in [0.15, 0.2) is 5.78 Å². The Balaban J connectivity index is 4.18. The lowest BCUT2D eigenvalue weighted by molar-refractivity contribution is -0.168. The standard InChI is InChI=1S/C10H20N2O4/c1-5(2)7(13)8(11)16-10(14)9(12)15-6(3)4/h5-6,8-9H,11-12H2,1-4H3. The molecule has 6 nitrogen and oxygen atoms in total. The molecule has 6 heteroatoms. The lowest BCUT2D eigenvalue weighted by Crippen LogP contribution is -2.44. The van der Waals surface area contributed by atoms with Crippen molar-refractivity contribution in [2.75, 3.05) is 0 Å². The van der Waals surface area contributed by atoms with Crippen LogP contribution in [0, 0.1) is 5.92 Å². The van der Waals surface area contributed by atoms with Crippen LogP contribution in [-0.2, 0) is 19.1 Å². The van der Waals surface area contributed by atoms with Crippen LogP contribution in [0.15, 0.2) is 0 Å². The molecule has 0 rings (SSSR count). The number of hydrogen-bond donors (Lipinski definition) is 2. The smallest absolute Gasteiger partial charge is 0.352 e. The molecule has 94 valence electrons. The highest BCUT2D eigenvalue weighted by Gasteiger charge is 2.25. The Hall–Kier alpha value is -0.980. The summed E-state index contributed by atoms with van der Waals surface area (Å²) in [6.07, 6.45) is -2.71. The van der Waals surface area contributed by atoms with Crippen molar-refractivity contribution in [2.45, 2.75) is 46.3 Å². The zero-order valence-corrected chi connectivity index (χ0v) is 10.1. The molecule has 0 fully saturated rings. The van der Waals surface area contributed by atoms with Gasteiger partial charge in [0.25, 0.3) is 0 Å². The maximum atomic E-state index is 11.3. The second kappa shape index (κ2) is 6.57. The van der Waals surface area contributed by atoms with Crippen LogP contribution >= 0.6 is 0 Å². The number of Topliss-reactive ketones (excluding diaryl/α,β-unsaturated/α-hetero) is 1. The highest BCUT2D eigenvalue weighted by atomic mass is 16.6. The largest absolute Gasteiger partial charge is 0.436 e. The van der Waals surface area contributed by atoms with Crippen LogP contribution in [0.4, 0.5) is 0 Å². The second-order valence-electron chi connectivity index (χ2n) is 4.02. The molecule has 0 aromatic heterocycles. The fourth-order valence-electron chi connectivity index (χ4n) is 0.928. The van der Waals surface area contributed by atoms with Gasteiger partial charge in [-0.1, -0.05) is 13.8 Å². The molecule has 0 radical (unpaired) electrons. The molecule has 2 unspecified atom stereocenters. The van der Waals surface area contributed by atoms with E-state index in [-0.39, 0.29) is 17.8 Å². The summed E-state index contributed by atoms with van der Waals surface area (Å²) in [4.78, 5) is 22.7. The summed E-state index contributed by atoms with van der Waals surface area (Å²) in [6, 6.07) is 0. The van der Waals surface area contributed by atoms with Gasteiger partial charge in [0, 0.05) is 5.92 Å². The van der Waals surface area contributed by atoms with Gasteiger partial charge in [-0.05, 0) is 13.8 Å². The Morgan fingerprint density at radius 2 is 1.50 bits per heavy atom. The van der Waals surface area contributed by atoms with Gasteiger partial charge in [0.2, 0.25) is 12.5 Å². The first-order valence-electron chi connectivity index (χ1n) is 5.16. The zero-order chi connectivity index (χ0) is 12.9. The summed E-state index contributed by atoms with van der Waals surface area (Å²) < 4.78 is 9.66. The minimum Gasteiger partial charge on any atom is -0.436 e. The Morgan fingerprint density at radius 1 is 1.00 bits per heavy atom. The fourth-order valence-corrected chi connectivity index (χ4v) is 0.928. The minimum absolute atomic E-state index is 0.209. The highest BCUT2D eigenvalue weighted by Crippen LogP contribution is 2.02.